The average Bonchev–Trinajstić information content (AvgIpc) is 2.19. The van der Waals surface area contributed by atoms with E-state index in [-0.39, 0.29) is 22.6 Å². The van der Waals surface area contributed by atoms with Crippen molar-refractivity contribution in [3.8, 4) is 5.88 Å². The van der Waals surface area contributed by atoms with Gasteiger partial charge in [0.1, 0.15) is 5.02 Å². The fourth-order valence-electron chi connectivity index (χ4n) is 1.57. The van der Waals surface area contributed by atoms with Crippen LogP contribution in [0.5, 0.6) is 5.88 Å². The number of ether oxygens (including phenoxy) is 1. The van der Waals surface area contributed by atoms with Gasteiger partial charge in [-0.3, -0.25) is 0 Å². The monoisotopic (exact) mass is 257 g/mol. The molecule has 0 aliphatic heterocycles. The summed E-state index contributed by atoms with van der Waals surface area (Å²) in [5.74, 6) is -0.412. The van der Waals surface area contributed by atoms with Crippen LogP contribution < -0.4 is 4.74 Å². The molecule has 0 spiro atoms. The maximum atomic E-state index is 10.9. The van der Waals surface area contributed by atoms with Crippen LogP contribution >= 0.6 is 11.6 Å². The predicted molar refractivity (Wildman–Crippen MR) is 65.8 cm³/mol. The first-order valence-electron chi connectivity index (χ1n) is 5.46. The second-order valence-corrected chi connectivity index (χ2v) is 4.72. The first kappa shape index (κ1) is 13.8. The molecule has 0 saturated heterocycles. The van der Waals surface area contributed by atoms with Crippen LogP contribution in [-0.2, 0) is 0 Å². The van der Waals surface area contributed by atoms with E-state index in [1.54, 1.807) is 0 Å². The van der Waals surface area contributed by atoms with E-state index in [0.29, 0.717) is 5.92 Å². The van der Waals surface area contributed by atoms with E-state index in [4.69, 9.17) is 21.4 Å². The Hall–Kier alpha value is -1.29. The molecule has 1 atom stereocenters. The zero-order valence-corrected chi connectivity index (χ0v) is 10.9. The third-order valence-corrected chi connectivity index (χ3v) is 2.57. The molecular weight excluding hydrogens is 242 g/mol. The molecule has 17 heavy (non-hydrogen) atoms. The van der Waals surface area contributed by atoms with Gasteiger partial charge in [-0.2, -0.15) is 0 Å². The summed E-state index contributed by atoms with van der Waals surface area (Å²) < 4.78 is 5.54. The molecule has 0 radical (unpaired) electrons. The van der Waals surface area contributed by atoms with Gasteiger partial charge in [0.2, 0.25) is 5.88 Å². The largest absolute Gasteiger partial charge is 0.478 e. The Kier molecular flexibility index (Phi) is 4.75. The number of halogens is 1. The van der Waals surface area contributed by atoms with Crippen molar-refractivity contribution in [2.75, 3.05) is 0 Å². The lowest BCUT2D eigenvalue weighted by atomic mass is 10.1. The van der Waals surface area contributed by atoms with Crippen LogP contribution in [-0.4, -0.2) is 22.2 Å². The van der Waals surface area contributed by atoms with Gasteiger partial charge in [-0.1, -0.05) is 25.4 Å². The van der Waals surface area contributed by atoms with E-state index in [2.05, 4.69) is 18.8 Å². The molecule has 0 fully saturated rings. The van der Waals surface area contributed by atoms with Gasteiger partial charge in [0.25, 0.3) is 0 Å². The predicted octanol–water partition coefficient (Wildman–Crippen LogP) is 3.25. The van der Waals surface area contributed by atoms with Crippen LogP contribution in [0.4, 0.5) is 0 Å². The van der Waals surface area contributed by atoms with Crippen LogP contribution in [0.3, 0.4) is 0 Å². The second-order valence-electron chi connectivity index (χ2n) is 4.34. The molecule has 1 aromatic rings. The number of hydrogen-bond donors (Lipinski definition) is 1. The molecule has 0 amide bonds. The Morgan fingerprint density at radius 3 is 2.71 bits per heavy atom. The minimum atomic E-state index is -1.08. The fraction of sp³-hybridized carbons (Fsp3) is 0.500. The van der Waals surface area contributed by atoms with Crippen molar-refractivity contribution in [2.24, 2.45) is 5.92 Å². The van der Waals surface area contributed by atoms with E-state index >= 15 is 0 Å². The van der Waals surface area contributed by atoms with Crippen LogP contribution in [0, 0.1) is 5.92 Å². The number of carboxylic acids is 1. The summed E-state index contributed by atoms with van der Waals surface area (Å²) in [5, 5.41) is 8.95. The minimum Gasteiger partial charge on any atom is -0.478 e. The second kappa shape index (κ2) is 5.87. The first-order chi connectivity index (χ1) is 7.91. The van der Waals surface area contributed by atoms with Crippen LogP contribution in [0.25, 0.3) is 0 Å². The van der Waals surface area contributed by atoms with Crippen molar-refractivity contribution >= 4 is 17.6 Å². The summed E-state index contributed by atoms with van der Waals surface area (Å²) in [7, 11) is 0. The van der Waals surface area contributed by atoms with Gasteiger partial charge in [0.15, 0.2) is 0 Å². The topological polar surface area (TPSA) is 59.4 Å². The van der Waals surface area contributed by atoms with Crippen molar-refractivity contribution in [1.29, 1.82) is 0 Å². The number of aromatic nitrogens is 1. The Bertz CT molecular complexity index is 407. The highest BCUT2D eigenvalue weighted by Gasteiger charge is 2.16. The minimum absolute atomic E-state index is 0.00779. The zero-order chi connectivity index (χ0) is 13.0. The Labute approximate surface area is 106 Å². The van der Waals surface area contributed by atoms with E-state index in [1.807, 2.05) is 6.92 Å². The maximum absolute atomic E-state index is 10.9. The molecule has 5 heteroatoms. The van der Waals surface area contributed by atoms with Crippen LogP contribution in [0.2, 0.25) is 5.02 Å². The third kappa shape index (κ3) is 3.89. The first-order valence-corrected chi connectivity index (χ1v) is 5.84. The molecule has 1 aromatic heterocycles. The standard InChI is InChI=1S/C12H16ClNO3/c1-7(2)6-8(3)17-11-10(13)9(12(15)16)4-5-14-11/h4-5,7-8H,6H2,1-3H3,(H,15,16). The van der Waals surface area contributed by atoms with Crippen LogP contribution in [0.1, 0.15) is 37.6 Å². The van der Waals surface area contributed by atoms with E-state index in [0.717, 1.165) is 6.42 Å². The van der Waals surface area contributed by atoms with Crippen molar-refractivity contribution in [1.82, 2.24) is 4.98 Å². The number of hydrogen-bond acceptors (Lipinski definition) is 3. The third-order valence-electron chi connectivity index (χ3n) is 2.20. The molecule has 0 bridgehead atoms. The summed E-state index contributed by atoms with van der Waals surface area (Å²) in [4.78, 5) is 14.8. The van der Waals surface area contributed by atoms with Gasteiger partial charge in [-0.15, -0.1) is 0 Å². The summed E-state index contributed by atoms with van der Waals surface area (Å²) in [6.45, 7) is 6.08. The summed E-state index contributed by atoms with van der Waals surface area (Å²) in [5.41, 5.74) is 0.00779. The van der Waals surface area contributed by atoms with Gasteiger partial charge >= 0.3 is 5.97 Å². The Balaban J connectivity index is 2.85. The van der Waals surface area contributed by atoms with Gasteiger partial charge in [0, 0.05) is 6.20 Å². The molecular formula is C12H16ClNO3. The zero-order valence-electron chi connectivity index (χ0n) is 10.1. The molecule has 0 aliphatic carbocycles. The van der Waals surface area contributed by atoms with Crippen LogP contribution in [0.15, 0.2) is 12.3 Å². The molecule has 1 rings (SSSR count). The number of carbonyl (C=O) groups is 1. The lowest BCUT2D eigenvalue weighted by Crippen LogP contribution is -2.16. The molecule has 1 unspecified atom stereocenters. The van der Waals surface area contributed by atoms with Gasteiger partial charge in [-0.25, -0.2) is 9.78 Å². The molecule has 0 aromatic carbocycles. The summed E-state index contributed by atoms with van der Waals surface area (Å²) >= 11 is 5.92. The highest BCUT2D eigenvalue weighted by Crippen LogP contribution is 2.27. The van der Waals surface area contributed by atoms with E-state index in [9.17, 15) is 4.79 Å². The number of rotatable bonds is 5. The quantitative estimate of drug-likeness (QED) is 0.880. The number of nitrogens with zero attached hydrogens (tertiary/aromatic N) is 1. The smallest absolute Gasteiger partial charge is 0.337 e. The molecule has 1 N–H and O–H groups in total. The number of aromatic carboxylic acids is 1. The van der Waals surface area contributed by atoms with E-state index < -0.39 is 5.97 Å². The number of pyridine rings is 1. The Morgan fingerprint density at radius 2 is 2.18 bits per heavy atom. The molecule has 1 heterocycles. The van der Waals surface area contributed by atoms with Gasteiger partial charge in [-0.05, 0) is 25.3 Å². The van der Waals surface area contributed by atoms with Crippen molar-refractivity contribution in [2.45, 2.75) is 33.3 Å². The Morgan fingerprint density at radius 1 is 1.53 bits per heavy atom. The molecule has 0 aliphatic rings. The lowest BCUT2D eigenvalue weighted by molar-refractivity contribution is 0.0695. The van der Waals surface area contributed by atoms with Crippen molar-refractivity contribution in [3.05, 3.63) is 22.8 Å². The highest BCUT2D eigenvalue weighted by molar-refractivity contribution is 6.34. The lowest BCUT2D eigenvalue weighted by Gasteiger charge is -2.16. The van der Waals surface area contributed by atoms with Gasteiger partial charge < -0.3 is 9.84 Å². The summed E-state index contributed by atoms with van der Waals surface area (Å²) in [6.07, 6.45) is 2.19. The summed E-state index contributed by atoms with van der Waals surface area (Å²) in [6, 6.07) is 1.35. The molecule has 4 nitrogen and oxygen atoms in total. The highest BCUT2D eigenvalue weighted by atomic mass is 35.5. The molecule has 0 saturated carbocycles. The normalized spacial score (nSPS) is 12.5. The average molecular weight is 258 g/mol. The van der Waals surface area contributed by atoms with Gasteiger partial charge in [0.05, 0.1) is 11.7 Å². The maximum Gasteiger partial charge on any atom is 0.337 e. The van der Waals surface area contributed by atoms with Crippen molar-refractivity contribution in [3.63, 3.8) is 0 Å². The fourth-order valence-corrected chi connectivity index (χ4v) is 1.81. The van der Waals surface area contributed by atoms with E-state index in [1.165, 1.54) is 12.3 Å². The number of carboxylic acid groups (broad SMARTS) is 1. The van der Waals surface area contributed by atoms with Crippen molar-refractivity contribution < 1.29 is 14.6 Å². The SMILES string of the molecule is CC(C)CC(C)Oc1nccc(C(=O)O)c1Cl. The molecule has 94 valence electrons.